The van der Waals surface area contributed by atoms with E-state index in [1.807, 2.05) is 0 Å². The van der Waals surface area contributed by atoms with E-state index < -0.39 is 23.8 Å². The van der Waals surface area contributed by atoms with Crippen molar-refractivity contribution in [3.63, 3.8) is 0 Å². The monoisotopic (exact) mass is 334 g/mol. The number of methoxy groups -OCH3 is 2. The molecule has 2 amide bonds. The van der Waals surface area contributed by atoms with Crippen LogP contribution in [0, 0.1) is 0 Å². The number of esters is 2. The van der Waals surface area contributed by atoms with E-state index in [4.69, 9.17) is 0 Å². The van der Waals surface area contributed by atoms with E-state index in [1.165, 1.54) is 37.3 Å². The molecule has 0 radical (unpaired) electrons. The molecule has 1 N–H and O–H groups in total. The topological polar surface area (TPSA) is 102 Å². The van der Waals surface area contributed by atoms with Gasteiger partial charge < -0.3 is 19.7 Å². The summed E-state index contributed by atoms with van der Waals surface area (Å²) in [5, 5.41) is 2.38. The molecular weight excluding hydrogens is 316 g/mol. The first kappa shape index (κ1) is 17.5. The second kappa shape index (κ2) is 7.58. The first-order valence-electron chi connectivity index (χ1n) is 7.39. The molecule has 1 heterocycles. The van der Waals surface area contributed by atoms with Crippen LogP contribution in [0.25, 0.3) is 0 Å². The Balaban J connectivity index is 2.27. The summed E-state index contributed by atoms with van der Waals surface area (Å²) in [6, 6.07) is 3.97. The van der Waals surface area contributed by atoms with Gasteiger partial charge >= 0.3 is 23.8 Å². The molecule has 0 unspecified atom stereocenters. The molecule has 0 aliphatic carbocycles. The Bertz CT molecular complexity index is 679. The number of anilines is 1. The maximum atomic E-state index is 12.1. The molecule has 0 saturated carbocycles. The number of hydrogen-bond acceptors (Lipinski definition) is 6. The predicted molar refractivity (Wildman–Crippen MR) is 83.6 cm³/mol. The largest absolute Gasteiger partial charge is 0.465 e. The van der Waals surface area contributed by atoms with E-state index in [9.17, 15) is 19.2 Å². The summed E-state index contributed by atoms with van der Waals surface area (Å²) in [6.45, 7) is 1.05. The molecule has 1 aliphatic rings. The van der Waals surface area contributed by atoms with Crippen LogP contribution < -0.4 is 5.32 Å². The smallest absolute Gasteiger partial charge is 0.339 e. The van der Waals surface area contributed by atoms with Gasteiger partial charge in [-0.05, 0) is 31.0 Å². The Morgan fingerprint density at radius 3 is 2.21 bits per heavy atom. The average molecular weight is 334 g/mol. The van der Waals surface area contributed by atoms with Gasteiger partial charge in [0.2, 0.25) is 0 Å². The maximum absolute atomic E-state index is 12.1. The van der Waals surface area contributed by atoms with Gasteiger partial charge in [0.1, 0.15) is 0 Å². The van der Waals surface area contributed by atoms with Crippen molar-refractivity contribution < 1.29 is 28.7 Å². The zero-order valence-electron chi connectivity index (χ0n) is 13.5. The maximum Gasteiger partial charge on any atom is 0.339 e. The summed E-state index contributed by atoms with van der Waals surface area (Å²) >= 11 is 0. The second-order valence-electron chi connectivity index (χ2n) is 5.20. The van der Waals surface area contributed by atoms with E-state index in [2.05, 4.69) is 14.8 Å². The van der Waals surface area contributed by atoms with Crippen LogP contribution in [0.2, 0.25) is 0 Å². The number of amides is 2. The second-order valence-corrected chi connectivity index (χ2v) is 5.20. The quantitative estimate of drug-likeness (QED) is 0.648. The van der Waals surface area contributed by atoms with Crippen LogP contribution in [0.15, 0.2) is 18.2 Å². The van der Waals surface area contributed by atoms with Crippen molar-refractivity contribution in [3.8, 4) is 0 Å². The minimum Gasteiger partial charge on any atom is -0.465 e. The van der Waals surface area contributed by atoms with Crippen molar-refractivity contribution in [1.29, 1.82) is 0 Å². The van der Waals surface area contributed by atoms with Crippen molar-refractivity contribution in [3.05, 3.63) is 29.3 Å². The van der Waals surface area contributed by atoms with Crippen LogP contribution in [0.5, 0.6) is 0 Å². The molecule has 0 bridgehead atoms. The fourth-order valence-electron chi connectivity index (χ4n) is 2.42. The number of rotatable bonds is 3. The molecule has 8 heteroatoms. The third-order valence-corrected chi connectivity index (χ3v) is 3.68. The van der Waals surface area contributed by atoms with Crippen molar-refractivity contribution in [2.24, 2.45) is 0 Å². The normalized spacial score (nSPS) is 13.3. The molecule has 1 aromatic carbocycles. The molecule has 2 rings (SSSR count). The molecule has 1 aromatic rings. The van der Waals surface area contributed by atoms with Crippen LogP contribution in [-0.2, 0) is 19.1 Å². The van der Waals surface area contributed by atoms with Gasteiger partial charge in [-0.15, -0.1) is 0 Å². The van der Waals surface area contributed by atoms with Gasteiger partial charge in [0.25, 0.3) is 0 Å². The number of nitrogens with one attached hydrogen (secondary N) is 1. The summed E-state index contributed by atoms with van der Waals surface area (Å²) in [5.41, 5.74) is 0.184. The predicted octanol–water partition coefficient (Wildman–Crippen LogP) is 0.821. The minimum absolute atomic E-state index is 0.0160. The highest BCUT2D eigenvalue weighted by Gasteiger charge is 2.26. The van der Waals surface area contributed by atoms with Gasteiger partial charge in [-0.1, -0.05) is 0 Å². The third kappa shape index (κ3) is 3.70. The Kier molecular flexibility index (Phi) is 5.51. The minimum atomic E-state index is -0.871. The molecule has 128 valence electrons. The average Bonchev–Trinajstić information content (AvgIpc) is 3.14. The number of likely N-dealkylation sites (tertiary alicyclic amines) is 1. The van der Waals surface area contributed by atoms with E-state index in [0.29, 0.717) is 13.1 Å². The van der Waals surface area contributed by atoms with Crippen LogP contribution >= 0.6 is 0 Å². The van der Waals surface area contributed by atoms with Gasteiger partial charge in [0.05, 0.1) is 31.0 Å². The van der Waals surface area contributed by atoms with Crippen LogP contribution in [0.1, 0.15) is 33.6 Å². The molecule has 0 atom stereocenters. The summed E-state index contributed by atoms with van der Waals surface area (Å²) < 4.78 is 9.25. The lowest BCUT2D eigenvalue weighted by atomic mass is 10.1. The molecule has 0 spiro atoms. The summed E-state index contributed by atoms with van der Waals surface area (Å²) in [4.78, 5) is 49.1. The van der Waals surface area contributed by atoms with Gasteiger partial charge in [-0.3, -0.25) is 9.59 Å². The summed E-state index contributed by atoms with van der Waals surface area (Å²) in [5.74, 6) is -2.88. The fourth-order valence-corrected chi connectivity index (χ4v) is 2.42. The highest BCUT2D eigenvalue weighted by Crippen LogP contribution is 2.20. The number of hydrogen-bond donors (Lipinski definition) is 1. The lowest BCUT2D eigenvalue weighted by Gasteiger charge is -2.16. The van der Waals surface area contributed by atoms with E-state index in [-0.39, 0.29) is 16.8 Å². The number of benzene rings is 1. The lowest BCUT2D eigenvalue weighted by Crippen LogP contribution is -2.38. The highest BCUT2D eigenvalue weighted by molar-refractivity contribution is 6.40. The zero-order chi connectivity index (χ0) is 17.7. The Labute approximate surface area is 138 Å². The van der Waals surface area contributed by atoms with Gasteiger partial charge in [0.15, 0.2) is 0 Å². The third-order valence-electron chi connectivity index (χ3n) is 3.68. The Morgan fingerprint density at radius 2 is 1.62 bits per heavy atom. The molecule has 1 aliphatic heterocycles. The molecule has 1 fully saturated rings. The first-order chi connectivity index (χ1) is 11.5. The highest BCUT2D eigenvalue weighted by atomic mass is 16.5. The number of ether oxygens (including phenoxy) is 2. The van der Waals surface area contributed by atoms with Crippen molar-refractivity contribution in [2.75, 3.05) is 32.6 Å². The Hall–Kier alpha value is -2.90. The lowest BCUT2D eigenvalue weighted by molar-refractivity contribution is -0.142. The van der Waals surface area contributed by atoms with Crippen LogP contribution in [0.4, 0.5) is 5.69 Å². The number of carbonyl (C=O) groups is 4. The molecule has 0 aromatic heterocycles. The Morgan fingerprint density at radius 1 is 1.00 bits per heavy atom. The van der Waals surface area contributed by atoms with Crippen molar-refractivity contribution >= 4 is 29.4 Å². The fraction of sp³-hybridized carbons (Fsp3) is 0.375. The van der Waals surface area contributed by atoms with Crippen LogP contribution in [-0.4, -0.2) is 56.0 Å². The van der Waals surface area contributed by atoms with Crippen molar-refractivity contribution in [1.82, 2.24) is 4.90 Å². The number of nitrogens with zero attached hydrogens (tertiary/aromatic N) is 1. The van der Waals surface area contributed by atoms with Crippen LogP contribution in [0.3, 0.4) is 0 Å². The van der Waals surface area contributed by atoms with Crippen molar-refractivity contribution in [2.45, 2.75) is 12.8 Å². The number of carbonyl (C=O) groups excluding carboxylic acids is 4. The first-order valence-corrected chi connectivity index (χ1v) is 7.39. The summed E-state index contributed by atoms with van der Waals surface area (Å²) in [7, 11) is 2.41. The molecular formula is C16H18N2O6. The molecule has 24 heavy (non-hydrogen) atoms. The zero-order valence-corrected chi connectivity index (χ0v) is 13.5. The van der Waals surface area contributed by atoms with Gasteiger partial charge in [-0.2, -0.15) is 0 Å². The van der Waals surface area contributed by atoms with Gasteiger partial charge in [-0.25, -0.2) is 9.59 Å². The SMILES string of the molecule is COC(=O)c1ccc(C(=O)OC)c(NC(=O)C(=O)N2CCCC2)c1. The van der Waals surface area contributed by atoms with E-state index in [0.717, 1.165) is 12.8 Å². The summed E-state index contributed by atoms with van der Waals surface area (Å²) in [6.07, 6.45) is 1.70. The standard InChI is InChI=1S/C16H18N2O6/c1-23-15(21)10-5-6-11(16(22)24-2)12(9-10)17-13(19)14(20)18-7-3-4-8-18/h5-6,9H,3-4,7-8H2,1-2H3,(H,17,19). The van der Waals surface area contributed by atoms with E-state index in [1.54, 1.807) is 0 Å². The van der Waals surface area contributed by atoms with Gasteiger partial charge in [0, 0.05) is 13.1 Å². The van der Waals surface area contributed by atoms with E-state index >= 15 is 0 Å². The molecule has 1 saturated heterocycles. The molecule has 8 nitrogen and oxygen atoms in total.